The van der Waals surface area contributed by atoms with E-state index in [1.165, 1.54) is 12.8 Å². The molecule has 2 aliphatic rings. The van der Waals surface area contributed by atoms with Crippen molar-refractivity contribution in [3.8, 4) is 0 Å². The molecule has 23 heavy (non-hydrogen) atoms. The van der Waals surface area contributed by atoms with Crippen LogP contribution < -0.4 is 4.90 Å². The second-order valence-corrected chi connectivity index (χ2v) is 6.63. The molecule has 0 spiro atoms. The maximum Gasteiger partial charge on any atom is 0.225 e. The molecule has 0 bridgehead atoms. The van der Waals surface area contributed by atoms with Crippen molar-refractivity contribution in [2.24, 2.45) is 7.05 Å². The third-order valence-corrected chi connectivity index (χ3v) is 5.04. The van der Waals surface area contributed by atoms with Gasteiger partial charge in [0.1, 0.15) is 5.82 Å². The van der Waals surface area contributed by atoms with Crippen LogP contribution in [0.1, 0.15) is 24.6 Å². The molecular weight excluding hydrogens is 310 g/mol. The molecule has 0 N–H and O–H groups in total. The normalized spacial score (nSPS) is 19.3. The maximum atomic E-state index is 5.54. The lowest BCUT2D eigenvalue weighted by molar-refractivity contribution is 0.193. The van der Waals surface area contributed by atoms with Gasteiger partial charge in [0.05, 0.1) is 6.67 Å². The Morgan fingerprint density at radius 3 is 2.48 bits per heavy atom. The second kappa shape index (κ2) is 6.01. The summed E-state index contributed by atoms with van der Waals surface area (Å²) in [5.41, 5.74) is 0. The van der Waals surface area contributed by atoms with Gasteiger partial charge in [-0.05, 0) is 31.1 Å². The topological polar surface area (TPSA) is 55.0 Å². The van der Waals surface area contributed by atoms with E-state index in [9.17, 15) is 0 Å². The van der Waals surface area contributed by atoms with Gasteiger partial charge in [0, 0.05) is 51.5 Å². The van der Waals surface area contributed by atoms with Gasteiger partial charge in [-0.3, -0.25) is 4.90 Å². The smallest absolute Gasteiger partial charge is 0.225 e. The van der Waals surface area contributed by atoms with Crippen molar-refractivity contribution in [2.75, 3.05) is 31.1 Å². The molecule has 1 saturated heterocycles. The van der Waals surface area contributed by atoms with Crippen molar-refractivity contribution in [2.45, 2.75) is 25.4 Å². The van der Waals surface area contributed by atoms with Crippen LogP contribution >= 0.6 is 12.2 Å². The number of nitrogens with zero attached hydrogens (tertiary/aromatic N) is 7. The molecule has 4 rings (SSSR count). The minimum absolute atomic E-state index is 0.620. The first-order chi connectivity index (χ1) is 11.2. The molecule has 7 nitrogen and oxygen atoms in total. The van der Waals surface area contributed by atoms with Gasteiger partial charge in [-0.2, -0.15) is 5.10 Å². The average Bonchev–Trinajstić information content (AvgIpc) is 3.39. The molecule has 2 fully saturated rings. The highest BCUT2D eigenvalue weighted by molar-refractivity contribution is 7.71. The number of hydrogen-bond acceptors (Lipinski definition) is 6. The highest BCUT2D eigenvalue weighted by Crippen LogP contribution is 2.38. The minimum atomic E-state index is 0.620. The molecule has 0 atom stereocenters. The first kappa shape index (κ1) is 14.8. The molecule has 1 aliphatic heterocycles. The Morgan fingerprint density at radius 2 is 1.83 bits per heavy atom. The molecule has 0 unspecified atom stereocenters. The van der Waals surface area contributed by atoms with E-state index in [1.807, 2.05) is 17.8 Å². The van der Waals surface area contributed by atoms with Gasteiger partial charge in [-0.25, -0.2) is 14.6 Å². The zero-order valence-corrected chi connectivity index (χ0v) is 14.1. The summed E-state index contributed by atoms with van der Waals surface area (Å²) in [7, 11) is 2.03. The number of anilines is 1. The minimum Gasteiger partial charge on any atom is -0.338 e. The number of hydrogen-bond donors (Lipinski definition) is 0. The summed E-state index contributed by atoms with van der Waals surface area (Å²) < 4.78 is 4.86. The van der Waals surface area contributed by atoms with Gasteiger partial charge in [-0.15, -0.1) is 0 Å². The molecule has 8 heteroatoms. The lowest BCUT2D eigenvalue weighted by atomic mass is 10.3. The fourth-order valence-corrected chi connectivity index (χ4v) is 3.22. The quantitative estimate of drug-likeness (QED) is 0.790. The van der Waals surface area contributed by atoms with E-state index in [1.54, 1.807) is 12.4 Å². The van der Waals surface area contributed by atoms with Gasteiger partial charge < -0.3 is 9.47 Å². The van der Waals surface area contributed by atoms with Crippen molar-refractivity contribution in [1.29, 1.82) is 0 Å². The monoisotopic (exact) mass is 331 g/mol. The summed E-state index contributed by atoms with van der Waals surface area (Å²) in [6, 6.07) is 1.85. The molecule has 0 aromatic carbocycles. The van der Waals surface area contributed by atoms with Gasteiger partial charge in [0.2, 0.25) is 5.95 Å². The summed E-state index contributed by atoms with van der Waals surface area (Å²) in [5, 5.41) is 4.74. The summed E-state index contributed by atoms with van der Waals surface area (Å²) in [6.45, 7) is 4.56. The van der Waals surface area contributed by atoms with E-state index < -0.39 is 0 Å². The lowest BCUT2D eigenvalue weighted by Crippen LogP contribution is -2.47. The largest absolute Gasteiger partial charge is 0.338 e. The zero-order valence-electron chi connectivity index (χ0n) is 13.3. The van der Waals surface area contributed by atoms with E-state index in [2.05, 4.69) is 24.3 Å². The van der Waals surface area contributed by atoms with Crippen LogP contribution in [0.5, 0.6) is 0 Å². The van der Waals surface area contributed by atoms with E-state index in [-0.39, 0.29) is 0 Å². The number of rotatable bonds is 4. The molecule has 1 saturated carbocycles. The molecule has 1 aliphatic carbocycles. The SMILES string of the molecule is Cn1c(C2CC2)nn(CN2CCN(c3ncccn3)CC2)c1=S. The standard InChI is InChI=1S/C15H21N7S/c1-19-13(12-3-4-12)18-22(15(19)23)11-20-7-9-21(10-8-20)14-16-5-2-6-17-14/h2,5-6,12H,3-4,7-11H2,1H3. The van der Waals surface area contributed by atoms with Crippen LogP contribution in [0, 0.1) is 4.77 Å². The zero-order chi connectivity index (χ0) is 15.8. The third-order valence-electron chi connectivity index (χ3n) is 4.56. The van der Waals surface area contributed by atoms with Crippen molar-refractivity contribution in [3.05, 3.63) is 29.1 Å². The van der Waals surface area contributed by atoms with Crippen molar-refractivity contribution >= 4 is 18.2 Å². The summed E-state index contributed by atoms with van der Waals surface area (Å²) in [5.74, 6) is 2.58. The van der Waals surface area contributed by atoms with E-state index in [4.69, 9.17) is 17.3 Å². The van der Waals surface area contributed by atoms with Crippen LogP contribution in [0.4, 0.5) is 5.95 Å². The number of piperazine rings is 1. The summed E-state index contributed by atoms with van der Waals surface area (Å²) in [6.07, 6.45) is 6.08. The Morgan fingerprint density at radius 1 is 1.13 bits per heavy atom. The second-order valence-electron chi connectivity index (χ2n) is 6.27. The Labute approximate surface area is 140 Å². The fourth-order valence-electron chi connectivity index (χ4n) is 3.03. The van der Waals surface area contributed by atoms with Crippen molar-refractivity contribution in [3.63, 3.8) is 0 Å². The molecule has 122 valence electrons. The van der Waals surface area contributed by atoms with Gasteiger partial charge in [0.25, 0.3) is 0 Å². The summed E-state index contributed by atoms with van der Waals surface area (Å²) in [4.78, 5) is 13.3. The lowest BCUT2D eigenvalue weighted by Gasteiger charge is -2.34. The van der Waals surface area contributed by atoms with Gasteiger partial charge >= 0.3 is 0 Å². The predicted octanol–water partition coefficient (Wildman–Crippen LogP) is 1.40. The average molecular weight is 331 g/mol. The van der Waals surface area contributed by atoms with Crippen molar-refractivity contribution in [1.82, 2.24) is 29.2 Å². The van der Waals surface area contributed by atoms with Crippen LogP contribution in [-0.2, 0) is 13.7 Å². The van der Waals surface area contributed by atoms with E-state index in [0.29, 0.717) is 5.92 Å². The molecule has 2 aromatic rings. The first-order valence-electron chi connectivity index (χ1n) is 8.10. The van der Waals surface area contributed by atoms with Gasteiger partial charge in [0.15, 0.2) is 4.77 Å². The van der Waals surface area contributed by atoms with Crippen LogP contribution in [0.2, 0.25) is 0 Å². The summed E-state index contributed by atoms with van der Waals surface area (Å²) >= 11 is 5.54. The van der Waals surface area contributed by atoms with Crippen LogP contribution in [0.25, 0.3) is 0 Å². The van der Waals surface area contributed by atoms with Gasteiger partial charge in [-0.1, -0.05) is 0 Å². The fraction of sp³-hybridized carbons (Fsp3) is 0.600. The highest BCUT2D eigenvalue weighted by atomic mass is 32.1. The Bertz CT molecular complexity index is 726. The predicted molar refractivity (Wildman–Crippen MR) is 89.8 cm³/mol. The Balaban J connectivity index is 1.40. The molecular formula is C15H21N7S. The first-order valence-corrected chi connectivity index (χ1v) is 8.51. The highest BCUT2D eigenvalue weighted by Gasteiger charge is 2.29. The molecule has 0 amide bonds. The van der Waals surface area contributed by atoms with E-state index >= 15 is 0 Å². The third kappa shape index (κ3) is 3.00. The maximum absolute atomic E-state index is 5.54. The van der Waals surface area contributed by atoms with Crippen LogP contribution in [0.3, 0.4) is 0 Å². The van der Waals surface area contributed by atoms with Crippen molar-refractivity contribution < 1.29 is 0 Å². The molecule has 0 radical (unpaired) electrons. The van der Waals surface area contributed by atoms with Crippen LogP contribution in [-0.4, -0.2) is 55.4 Å². The number of aromatic nitrogens is 5. The molecule has 2 aromatic heterocycles. The Hall–Kier alpha value is -1.80. The van der Waals surface area contributed by atoms with E-state index in [0.717, 1.165) is 49.4 Å². The van der Waals surface area contributed by atoms with Crippen LogP contribution in [0.15, 0.2) is 18.5 Å². The Kier molecular flexibility index (Phi) is 3.86. The molecule has 3 heterocycles.